The van der Waals surface area contributed by atoms with Crippen LogP contribution in [0, 0.1) is 0 Å². The minimum absolute atomic E-state index is 0.0289. The fraction of sp³-hybridized carbons (Fsp3) is 0.462. The number of anilines is 1. The number of carbonyl (C=O) groups is 2. The molecule has 1 N–H and O–H groups in total. The highest BCUT2D eigenvalue weighted by Crippen LogP contribution is 2.26. The van der Waals surface area contributed by atoms with E-state index in [9.17, 15) is 18.0 Å². The third-order valence-electron chi connectivity index (χ3n) is 6.55. The van der Waals surface area contributed by atoms with Gasteiger partial charge in [0, 0.05) is 22.6 Å². The standard InChI is InChI=1S/C26H33Cl2N3O4S/c1-4-19-9-5-8-12-24(19)31(36(3,34)35)17-25(32)30(16-20-13-14-21(27)15-23(20)28)18(2)26(33)29-22-10-6-7-11-22/h5,8-9,12-15,18,22H,4,6-7,10-11,16-17H2,1-3H3,(H,29,33)/t18-/m1/s1. The molecule has 0 heterocycles. The van der Waals surface area contributed by atoms with Crippen LogP contribution < -0.4 is 9.62 Å². The quantitative estimate of drug-likeness (QED) is 0.457. The molecule has 3 rings (SSSR count). The lowest BCUT2D eigenvalue weighted by Crippen LogP contribution is -2.52. The number of nitrogens with one attached hydrogen (secondary N) is 1. The van der Waals surface area contributed by atoms with E-state index < -0.39 is 28.5 Å². The van der Waals surface area contributed by atoms with Gasteiger partial charge >= 0.3 is 0 Å². The van der Waals surface area contributed by atoms with E-state index in [0.717, 1.165) is 41.8 Å². The molecule has 1 aliphatic rings. The number of nitrogens with zero attached hydrogens (tertiary/aromatic N) is 2. The predicted molar refractivity (Wildman–Crippen MR) is 145 cm³/mol. The fourth-order valence-corrected chi connectivity index (χ4v) is 5.80. The van der Waals surface area contributed by atoms with E-state index in [0.29, 0.717) is 27.7 Å². The highest BCUT2D eigenvalue weighted by atomic mass is 35.5. The van der Waals surface area contributed by atoms with Gasteiger partial charge in [0.2, 0.25) is 21.8 Å². The Morgan fingerprint density at radius 2 is 1.75 bits per heavy atom. The van der Waals surface area contributed by atoms with Gasteiger partial charge in [-0.05, 0) is 55.5 Å². The third-order valence-corrected chi connectivity index (χ3v) is 8.26. The van der Waals surface area contributed by atoms with Crippen molar-refractivity contribution in [1.82, 2.24) is 10.2 Å². The van der Waals surface area contributed by atoms with Crippen molar-refractivity contribution >= 4 is 50.7 Å². The van der Waals surface area contributed by atoms with Gasteiger partial charge in [0.05, 0.1) is 11.9 Å². The second kappa shape index (κ2) is 12.3. The molecule has 2 aromatic carbocycles. The van der Waals surface area contributed by atoms with Crippen molar-refractivity contribution in [1.29, 1.82) is 0 Å². The number of rotatable bonds is 10. The number of halogens is 2. The van der Waals surface area contributed by atoms with Crippen LogP contribution in [0.5, 0.6) is 0 Å². The van der Waals surface area contributed by atoms with Crippen molar-refractivity contribution in [3.63, 3.8) is 0 Å². The highest BCUT2D eigenvalue weighted by Gasteiger charge is 2.32. The Hall–Kier alpha value is -2.29. The largest absolute Gasteiger partial charge is 0.352 e. The van der Waals surface area contributed by atoms with Gasteiger partial charge < -0.3 is 10.2 Å². The van der Waals surface area contributed by atoms with Crippen LogP contribution in [-0.2, 0) is 32.6 Å². The third kappa shape index (κ3) is 7.14. The van der Waals surface area contributed by atoms with Gasteiger partial charge in [0.15, 0.2) is 0 Å². The minimum atomic E-state index is -3.79. The zero-order valence-corrected chi connectivity index (χ0v) is 23.2. The van der Waals surface area contributed by atoms with Gasteiger partial charge in [-0.15, -0.1) is 0 Å². The Morgan fingerprint density at radius 3 is 2.36 bits per heavy atom. The molecule has 0 spiro atoms. The van der Waals surface area contributed by atoms with Crippen LogP contribution in [0.4, 0.5) is 5.69 Å². The second-order valence-corrected chi connectivity index (χ2v) is 11.9. The topological polar surface area (TPSA) is 86.8 Å². The monoisotopic (exact) mass is 553 g/mol. The van der Waals surface area contributed by atoms with Crippen molar-refractivity contribution in [3.05, 3.63) is 63.6 Å². The van der Waals surface area contributed by atoms with Crippen molar-refractivity contribution < 1.29 is 18.0 Å². The first-order valence-corrected chi connectivity index (χ1v) is 14.7. The summed E-state index contributed by atoms with van der Waals surface area (Å²) in [4.78, 5) is 28.2. The smallest absolute Gasteiger partial charge is 0.244 e. The molecule has 36 heavy (non-hydrogen) atoms. The van der Waals surface area contributed by atoms with E-state index in [4.69, 9.17) is 23.2 Å². The molecule has 0 bridgehead atoms. The molecule has 0 unspecified atom stereocenters. The number of amides is 2. The summed E-state index contributed by atoms with van der Waals surface area (Å²) in [6.45, 7) is 3.16. The van der Waals surface area contributed by atoms with Crippen LogP contribution in [0.3, 0.4) is 0 Å². The van der Waals surface area contributed by atoms with Crippen LogP contribution in [0.25, 0.3) is 0 Å². The van der Waals surface area contributed by atoms with Gasteiger partial charge in [0.1, 0.15) is 12.6 Å². The maximum Gasteiger partial charge on any atom is 0.244 e. The lowest BCUT2D eigenvalue weighted by atomic mass is 10.1. The predicted octanol–water partition coefficient (Wildman–Crippen LogP) is 4.80. The van der Waals surface area contributed by atoms with Gasteiger partial charge in [-0.3, -0.25) is 13.9 Å². The molecule has 2 amide bonds. The van der Waals surface area contributed by atoms with Crippen molar-refractivity contribution in [3.8, 4) is 0 Å². The summed E-state index contributed by atoms with van der Waals surface area (Å²) < 4.78 is 26.7. The molecule has 1 aliphatic carbocycles. The molecule has 0 aliphatic heterocycles. The van der Waals surface area contributed by atoms with Crippen LogP contribution in [-0.4, -0.2) is 50.0 Å². The SMILES string of the molecule is CCc1ccccc1N(CC(=O)N(Cc1ccc(Cl)cc1Cl)[C@H](C)C(=O)NC1CCCC1)S(C)(=O)=O. The number of hydrogen-bond acceptors (Lipinski definition) is 4. The Labute approximate surface area is 223 Å². The number of sulfonamides is 1. The van der Waals surface area contributed by atoms with Crippen LogP contribution in [0.2, 0.25) is 10.0 Å². The maximum absolute atomic E-state index is 13.7. The molecule has 7 nitrogen and oxygen atoms in total. The fourth-order valence-electron chi connectivity index (χ4n) is 4.46. The normalized spacial score (nSPS) is 14.9. The molecule has 196 valence electrons. The summed E-state index contributed by atoms with van der Waals surface area (Å²) in [6, 6.07) is 11.3. The Balaban J connectivity index is 1.93. The van der Waals surface area contributed by atoms with Gasteiger partial charge in [-0.1, -0.05) is 67.2 Å². The Kier molecular flexibility index (Phi) is 9.66. The molecule has 0 aromatic heterocycles. The van der Waals surface area contributed by atoms with E-state index in [1.807, 2.05) is 19.1 Å². The van der Waals surface area contributed by atoms with Crippen LogP contribution in [0.1, 0.15) is 50.7 Å². The van der Waals surface area contributed by atoms with E-state index in [1.54, 1.807) is 37.3 Å². The second-order valence-electron chi connectivity index (χ2n) is 9.18. The van der Waals surface area contributed by atoms with Gasteiger partial charge in [0.25, 0.3) is 0 Å². The van der Waals surface area contributed by atoms with E-state index >= 15 is 0 Å². The maximum atomic E-state index is 13.7. The molecule has 0 saturated heterocycles. The number of hydrogen-bond donors (Lipinski definition) is 1. The summed E-state index contributed by atoms with van der Waals surface area (Å²) in [6.07, 6.45) is 5.60. The van der Waals surface area contributed by atoms with Crippen molar-refractivity contribution in [2.24, 2.45) is 0 Å². The average molecular weight is 555 g/mol. The Morgan fingerprint density at radius 1 is 1.08 bits per heavy atom. The summed E-state index contributed by atoms with van der Waals surface area (Å²) in [5, 5.41) is 3.85. The zero-order valence-electron chi connectivity index (χ0n) is 20.8. The highest BCUT2D eigenvalue weighted by molar-refractivity contribution is 7.92. The zero-order chi connectivity index (χ0) is 26.5. The molecule has 1 saturated carbocycles. The molecule has 1 atom stereocenters. The number of benzene rings is 2. The van der Waals surface area contributed by atoms with Crippen LogP contribution in [0.15, 0.2) is 42.5 Å². The van der Waals surface area contributed by atoms with Gasteiger partial charge in [-0.2, -0.15) is 0 Å². The molecule has 0 radical (unpaired) electrons. The molecular formula is C26H33Cl2N3O4S. The first-order valence-electron chi connectivity index (χ1n) is 12.1. The average Bonchev–Trinajstić information content (AvgIpc) is 3.33. The minimum Gasteiger partial charge on any atom is -0.352 e. The molecule has 1 fully saturated rings. The molecule has 10 heteroatoms. The van der Waals surface area contributed by atoms with E-state index in [-0.39, 0.29) is 18.5 Å². The first-order chi connectivity index (χ1) is 17.0. The number of para-hydroxylation sites is 1. The van der Waals surface area contributed by atoms with Crippen molar-refractivity contribution in [2.45, 2.75) is 64.6 Å². The summed E-state index contributed by atoms with van der Waals surface area (Å²) in [5.41, 5.74) is 1.85. The molecular weight excluding hydrogens is 521 g/mol. The van der Waals surface area contributed by atoms with E-state index in [1.165, 1.54) is 4.90 Å². The number of aryl methyl sites for hydroxylation is 1. The first kappa shape index (κ1) is 28.3. The lowest BCUT2D eigenvalue weighted by molar-refractivity contribution is -0.139. The van der Waals surface area contributed by atoms with Crippen molar-refractivity contribution in [2.75, 3.05) is 17.1 Å². The van der Waals surface area contributed by atoms with Gasteiger partial charge in [-0.25, -0.2) is 8.42 Å². The Bertz CT molecular complexity index is 1200. The lowest BCUT2D eigenvalue weighted by Gasteiger charge is -2.32. The summed E-state index contributed by atoms with van der Waals surface area (Å²) >= 11 is 12.4. The summed E-state index contributed by atoms with van der Waals surface area (Å²) in [7, 11) is -3.79. The summed E-state index contributed by atoms with van der Waals surface area (Å²) in [5.74, 6) is -0.786. The number of carbonyl (C=O) groups excluding carboxylic acids is 2. The van der Waals surface area contributed by atoms with Crippen LogP contribution >= 0.6 is 23.2 Å². The van der Waals surface area contributed by atoms with E-state index in [2.05, 4.69) is 5.32 Å². The molecule has 2 aromatic rings.